The van der Waals surface area contributed by atoms with Crippen molar-refractivity contribution in [2.24, 2.45) is 0 Å². The highest BCUT2D eigenvalue weighted by Crippen LogP contribution is 2.25. The Morgan fingerprint density at radius 1 is 1.39 bits per heavy atom. The predicted octanol–water partition coefficient (Wildman–Crippen LogP) is 1.91. The van der Waals surface area contributed by atoms with Gasteiger partial charge >= 0.3 is 0 Å². The monoisotopic (exact) mass is 311 g/mol. The molecule has 1 amide bonds. The summed E-state index contributed by atoms with van der Waals surface area (Å²) in [5, 5.41) is 11.7. The zero-order valence-electron chi connectivity index (χ0n) is 9.28. The quantitative estimate of drug-likeness (QED) is 0.623. The number of carbonyl (C=O) groups excluding carboxylic acids is 1. The van der Waals surface area contributed by atoms with Crippen LogP contribution in [0.4, 0.5) is 0 Å². The van der Waals surface area contributed by atoms with Crippen molar-refractivity contribution in [3.8, 4) is 5.75 Å². The number of hydrogen-bond donors (Lipinski definition) is 2. The summed E-state index contributed by atoms with van der Waals surface area (Å²) in [4.78, 5) is 11.4. The average molecular weight is 313 g/mol. The van der Waals surface area contributed by atoms with E-state index in [9.17, 15) is 9.90 Å². The van der Waals surface area contributed by atoms with Gasteiger partial charge in [0.05, 0.1) is 5.88 Å². The molecule has 0 radical (unpaired) electrons. The van der Waals surface area contributed by atoms with Crippen molar-refractivity contribution in [2.45, 2.75) is 10.6 Å². The molecule has 0 aliphatic heterocycles. The van der Waals surface area contributed by atoms with E-state index in [1.807, 2.05) is 6.07 Å². The van der Waals surface area contributed by atoms with Crippen LogP contribution in [0.3, 0.4) is 0 Å². The van der Waals surface area contributed by atoms with E-state index in [1.54, 1.807) is 24.3 Å². The Balaban J connectivity index is 2.39. The molecule has 7 heteroatoms. The second-order valence-electron chi connectivity index (χ2n) is 3.47. The van der Waals surface area contributed by atoms with Gasteiger partial charge in [0, 0.05) is 0 Å². The fourth-order valence-electron chi connectivity index (χ4n) is 1.04. The third kappa shape index (κ3) is 4.90. The molecule has 100 valence electrons. The van der Waals surface area contributed by atoms with Crippen molar-refractivity contribution in [1.29, 1.82) is 0 Å². The Labute approximate surface area is 120 Å². The third-order valence-electron chi connectivity index (χ3n) is 1.99. The normalized spacial score (nSPS) is 12.9. The van der Waals surface area contributed by atoms with Crippen LogP contribution in [0.25, 0.3) is 0 Å². The molecule has 1 atom stereocenters. The molecule has 1 unspecified atom stereocenters. The number of aliphatic hydroxyl groups excluding tert-OH is 1. The second-order valence-corrected chi connectivity index (χ2v) is 5.28. The largest absolute Gasteiger partial charge is 0.484 e. The van der Waals surface area contributed by atoms with E-state index >= 15 is 0 Å². The summed E-state index contributed by atoms with van der Waals surface area (Å²) in [7, 11) is 0. The van der Waals surface area contributed by atoms with Gasteiger partial charge in [0.15, 0.2) is 17.2 Å². The summed E-state index contributed by atoms with van der Waals surface area (Å²) in [5.41, 5.74) is 0. The van der Waals surface area contributed by atoms with Crippen LogP contribution < -0.4 is 10.1 Å². The van der Waals surface area contributed by atoms with E-state index < -0.39 is 16.5 Å². The number of carbonyl (C=O) groups is 1. The summed E-state index contributed by atoms with van der Waals surface area (Å²) in [5.74, 6) is -0.235. The SMILES string of the molecule is O=C(COc1ccccc1)NC(O)C(Cl)(Cl)CCl. The molecule has 1 rings (SSSR count). The van der Waals surface area contributed by atoms with Crippen molar-refractivity contribution in [3.05, 3.63) is 30.3 Å². The lowest BCUT2D eigenvalue weighted by molar-refractivity contribution is -0.126. The molecule has 2 N–H and O–H groups in total. The smallest absolute Gasteiger partial charge is 0.259 e. The van der Waals surface area contributed by atoms with Crippen molar-refractivity contribution in [2.75, 3.05) is 12.5 Å². The van der Waals surface area contributed by atoms with Gasteiger partial charge in [-0.15, -0.1) is 11.6 Å². The molecule has 0 aromatic heterocycles. The van der Waals surface area contributed by atoms with Crippen molar-refractivity contribution in [1.82, 2.24) is 5.32 Å². The lowest BCUT2D eigenvalue weighted by atomic mass is 10.3. The van der Waals surface area contributed by atoms with Gasteiger partial charge < -0.3 is 15.2 Å². The highest BCUT2D eigenvalue weighted by Gasteiger charge is 2.33. The molecule has 0 spiro atoms. The molecule has 0 heterocycles. The number of alkyl halides is 3. The number of halogens is 3. The number of ether oxygens (including phenoxy) is 1. The second kappa shape index (κ2) is 7.04. The first-order valence-corrected chi connectivity index (χ1v) is 6.34. The highest BCUT2D eigenvalue weighted by atomic mass is 35.5. The summed E-state index contributed by atoms with van der Waals surface area (Å²) in [6.45, 7) is -0.257. The minimum absolute atomic E-state index is 0.225. The van der Waals surface area contributed by atoms with Crippen molar-refractivity contribution in [3.63, 3.8) is 0 Å². The van der Waals surface area contributed by atoms with Crippen LogP contribution in [0, 0.1) is 0 Å². The molecule has 18 heavy (non-hydrogen) atoms. The van der Waals surface area contributed by atoms with Crippen LogP contribution in [-0.4, -0.2) is 34.1 Å². The first-order valence-electron chi connectivity index (χ1n) is 5.05. The van der Waals surface area contributed by atoms with Crippen LogP contribution in [0.5, 0.6) is 5.75 Å². The Bertz CT molecular complexity index is 386. The van der Waals surface area contributed by atoms with Crippen LogP contribution in [0.1, 0.15) is 0 Å². The molecule has 0 saturated heterocycles. The van der Waals surface area contributed by atoms with Gasteiger partial charge in [0.1, 0.15) is 5.75 Å². The summed E-state index contributed by atoms with van der Waals surface area (Å²) >= 11 is 16.8. The Morgan fingerprint density at radius 3 is 2.56 bits per heavy atom. The number of para-hydroxylation sites is 1. The molecule has 1 aromatic carbocycles. The molecule has 4 nitrogen and oxygen atoms in total. The van der Waals surface area contributed by atoms with Crippen LogP contribution in [-0.2, 0) is 4.79 Å². The van der Waals surface area contributed by atoms with E-state index in [2.05, 4.69) is 5.32 Å². The maximum Gasteiger partial charge on any atom is 0.259 e. The minimum Gasteiger partial charge on any atom is -0.484 e. The molecule has 0 aliphatic carbocycles. The Kier molecular flexibility index (Phi) is 6.02. The lowest BCUT2D eigenvalue weighted by Crippen LogP contribution is -2.48. The Hall–Kier alpha value is -0.680. The van der Waals surface area contributed by atoms with Crippen molar-refractivity contribution >= 4 is 40.7 Å². The lowest BCUT2D eigenvalue weighted by Gasteiger charge is -2.23. The van der Waals surface area contributed by atoms with E-state index in [0.29, 0.717) is 5.75 Å². The van der Waals surface area contributed by atoms with Gasteiger partial charge in [0.25, 0.3) is 5.91 Å². The van der Waals surface area contributed by atoms with E-state index in [0.717, 1.165) is 0 Å². The average Bonchev–Trinajstić information content (AvgIpc) is 2.37. The molecule has 0 bridgehead atoms. The Morgan fingerprint density at radius 2 is 2.00 bits per heavy atom. The predicted molar refractivity (Wildman–Crippen MR) is 71.2 cm³/mol. The number of rotatable bonds is 6. The van der Waals surface area contributed by atoms with E-state index in [4.69, 9.17) is 39.5 Å². The van der Waals surface area contributed by atoms with Crippen LogP contribution >= 0.6 is 34.8 Å². The summed E-state index contributed by atoms with van der Waals surface area (Å²) in [6.07, 6.45) is -1.47. The number of hydrogen-bond acceptors (Lipinski definition) is 3. The fourth-order valence-corrected chi connectivity index (χ4v) is 1.29. The van der Waals surface area contributed by atoms with Gasteiger partial charge in [-0.2, -0.15) is 0 Å². The molecule has 0 fully saturated rings. The number of aliphatic hydroxyl groups is 1. The number of amides is 1. The summed E-state index contributed by atoms with van der Waals surface area (Å²) in [6, 6.07) is 8.79. The van der Waals surface area contributed by atoms with E-state index in [-0.39, 0.29) is 12.5 Å². The van der Waals surface area contributed by atoms with Gasteiger partial charge in [-0.3, -0.25) is 4.79 Å². The maximum atomic E-state index is 11.4. The van der Waals surface area contributed by atoms with Crippen molar-refractivity contribution < 1.29 is 14.6 Å². The van der Waals surface area contributed by atoms with Crippen LogP contribution in [0.2, 0.25) is 0 Å². The van der Waals surface area contributed by atoms with E-state index in [1.165, 1.54) is 0 Å². The number of benzene rings is 1. The molecular weight excluding hydrogens is 300 g/mol. The first kappa shape index (κ1) is 15.4. The van der Waals surface area contributed by atoms with Gasteiger partial charge in [-0.05, 0) is 12.1 Å². The molecule has 0 saturated carbocycles. The molecule has 1 aromatic rings. The first-order chi connectivity index (χ1) is 8.45. The fraction of sp³-hybridized carbons (Fsp3) is 0.364. The highest BCUT2D eigenvalue weighted by molar-refractivity contribution is 6.52. The van der Waals surface area contributed by atoms with Gasteiger partial charge in [0.2, 0.25) is 0 Å². The topological polar surface area (TPSA) is 58.6 Å². The van der Waals surface area contributed by atoms with Gasteiger partial charge in [-0.1, -0.05) is 41.4 Å². The molecular formula is C11H12Cl3NO3. The maximum absolute atomic E-state index is 11.4. The van der Waals surface area contributed by atoms with Crippen LogP contribution in [0.15, 0.2) is 30.3 Å². The standard InChI is InChI=1S/C11H12Cl3NO3/c12-7-11(13,14)10(17)15-9(16)6-18-8-4-2-1-3-5-8/h1-5,10,17H,6-7H2,(H,15,16). The minimum atomic E-state index is -1.63. The van der Waals surface area contributed by atoms with Gasteiger partial charge in [-0.25, -0.2) is 0 Å². The summed E-state index contributed by atoms with van der Waals surface area (Å²) < 4.78 is 3.54. The molecule has 0 aliphatic rings. The zero-order chi connectivity index (χ0) is 13.6. The zero-order valence-corrected chi connectivity index (χ0v) is 11.5. The third-order valence-corrected chi connectivity index (χ3v) is 3.36. The number of nitrogens with one attached hydrogen (secondary N) is 1.